The van der Waals surface area contributed by atoms with E-state index >= 15 is 0 Å². The Morgan fingerprint density at radius 1 is 1.33 bits per heavy atom. The number of amides is 1. The molecule has 7 heteroatoms. The number of hydrogen-bond acceptors (Lipinski definition) is 5. The van der Waals surface area contributed by atoms with Crippen molar-refractivity contribution in [2.75, 3.05) is 14.2 Å². The lowest BCUT2D eigenvalue weighted by molar-refractivity contribution is 0.0736. The van der Waals surface area contributed by atoms with Crippen molar-refractivity contribution in [3.63, 3.8) is 0 Å². The van der Waals surface area contributed by atoms with Crippen molar-refractivity contribution in [3.05, 3.63) is 52.6 Å². The first-order chi connectivity index (χ1) is 11.6. The third kappa shape index (κ3) is 3.16. The highest BCUT2D eigenvalue weighted by atomic mass is 32.1. The normalized spacial score (nSPS) is 12.0. The number of carbonyl (C=O) groups excluding carboxylic acids is 1. The molecule has 2 aromatic heterocycles. The van der Waals surface area contributed by atoms with Crippen molar-refractivity contribution in [1.82, 2.24) is 20.1 Å². The molecule has 24 heavy (non-hydrogen) atoms. The number of thiazole rings is 1. The summed E-state index contributed by atoms with van der Waals surface area (Å²) in [4.78, 5) is 18.6. The average molecular weight is 342 g/mol. The second-order valence-electron chi connectivity index (χ2n) is 5.36. The molecule has 1 unspecified atom stereocenters. The van der Waals surface area contributed by atoms with Crippen LogP contribution in [0.2, 0.25) is 0 Å². The second kappa shape index (κ2) is 6.84. The number of carbonyl (C=O) groups is 1. The second-order valence-corrected chi connectivity index (χ2v) is 6.28. The molecule has 2 heterocycles. The Hall–Kier alpha value is -2.67. The van der Waals surface area contributed by atoms with Gasteiger partial charge in [-0.15, -0.1) is 11.3 Å². The lowest BCUT2D eigenvalue weighted by Gasteiger charge is -2.22. The molecule has 1 aromatic carbocycles. The highest BCUT2D eigenvalue weighted by molar-refractivity contribution is 7.09. The number of hydrogen-bond donors (Lipinski definition) is 1. The van der Waals surface area contributed by atoms with Gasteiger partial charge in [0, 0.05) is 24.2 Å². The van der Waals surface area contributed by atoms with Gasteiger partial charge in [0.15, 0.2) is 0 Å². The molecule has 6 nitrogen and oxygen atoms in total. The van der Waals surface area contributed by atoms with Gasteiger partial charge in [-0.2, -0.15) is 5.10 Å². The molecule has 3 aromatic rings. The maximum atomic E-state index is 12.6. The highest BCUT2D eigenvalue weighted by Crippen LogP contribution is 2.24. The Labute approximate surface area is 144 Å². The molecule has 0 saturated carbocycles. The Kier molecular flexibility index (Phi) is 4.61. The summed E-state index contributed by atoms with van der Waals surface area (Å²) in [7, 11) is 3.39. The zero-order valence-corrected chi connectivity index (χ0v) is 14.5. The molecule has 124 valence electrons. The Morgan fingerprint density at radius 3 is 2.71 bits per heavy atom. The number of nitrogens with one attached hydrogen (secondary N) is 1. The number of rotatable bonds is 5. The van der Waals surface area contributed by atoms with Crippen molar-refractivity contribution < 1.29 is 9.53 Å². The van der Waals surface area contributed by atoms with Gasteiger partial charge in [0.25, 0.3) is 5.91 Å². The summed E-state index contributed by atoms with van der Waals surface area (Å²) in [5, 5.41) is 9.87. The average Bonchev–Trinajstić information content (AvgIpc) is 3.31. The molecular weight excluding hydrogens is 324 g/mol. The Bertz CT molecular complexity index is 812. The molecule has 0 bridgehead atoms. The molecule has 1 amide bonds. The maximum Gasteiger partial charge on any atom is 0.272 e. The number of aromatic nitrogens is 3. The number of aromatic amines is 1. The van der Waals surface area contributed by atoms with Gasteiger partial charge < -0.3 is 9.64 Å². The Morgan fingerprint density at radius 2 is 2.08 bits per heavy atom. The fourth-order valence-electron chi connectivity index (χ4n) is 2.31. The van der Waals surface area contributed by atoms with E-state index in [9.17, 15) is 4.79 Å². The van der Waals surface area contributed by atoms with Crippen LogP contribution in [0.1, 0.15) is 28.5 Å². The zero-order chi connectivity index (χ0) is 17.1. The number of benzene rings is 1. The molecule has 0 saturated heterocycles. The van der Waals surface area contributed by atoms with Crippen LogP contribution in [0, 0.1) is 0 Å². The molecule has 0 radical (unpaired) electrons. The minimum Gasteiger partial charge on any atom is -0.497 e. The van der Waals surface area contributed by atoms with Crippen molar-refractivity contribution in [3.8, 4) is 17.0 Å². The van der Waals surface area contributed by atoms with Gasteiger partial charge in [0.2, 0.25) is 0 Å². The monoisotopic (exact) mass is 342 g/mol. The summed E-state index contributed by atoms with van der Waals surface area (Å²) in [6.45, 7) is 1.96. The van der Waals surface area contributed by atoms with Gasteiger partial charge in [-0.3, -0.25) is 9.89 Å². The summed E-state index contributed by atoms with van der Waals surface area (Å²) in [5.74, 6) is 0.660. The zero-order valence-electron chi connectivity index (χ0n) is 13.7. The number of H-pyrrole nitrogens is 1. The van der Waals surface area contributed by atoms with Gasteiger partial charge >= 0.3 is 0 Å². The van der Waals surface area contributed by atoms with Crippen LogP contribution in [0.3, 0.4) is 0 Å². The van der Waals surface area contributed by atoms with Crippen molar-refractivity contribution in [2.24, 2.45) is 0 Å². The van der Waals surface area contributed by atoms with E-state index in [4.69, 9.17) is 4.74 Å². The predicted molar refractivity (Wildman–Crippen MR) is 93.2 cm³/mol. The fraction of sp³-hybridized carbons (Fsp3) is 0.235. The summed E-state index contributed by atoms with van der Waals surface area (Å²) in [6, 6.07) is 9.21. The first-order valence-electron chi connectivity index (χ1n) is 7.46. The fourth-order valence-corrected chi connectivity index (χ4v) is 3.05. The summed E-state index contributed by atoms with van der Waals surface area (Å²) in [5.41, 5.74) is 2.09. The van der Waals surface area contributed by atoms with E-state index in [0.717, 1.165) is 22.0 Å². The molecule has 0 spiro atoms. The Balaban J connectivity index is 1.77. The summed E-state index contributed by atoms with van der Waals surface area (Å²) < 4.78 is 5.15. The molecule has 0 aliphatic heterocycles. The lowest BCUT2D eigenvalue weighted by Crippen LogP contribution is -2.29. The number of methoxy groups -OCH3 is 1. The van der Waals surface area contributed by atoms with Crippen LogP contribution in [0.4, 0.5) is 0 Å². The predicted octanol–water partition coefficient (Wildman–Crippen LogP) is 3.38. The van der Waals surface area contributed by atoms with Crippen LogP contribution in [-0.2, 0) is 0 Å². The molecule has 1 N–H and O–H groups in total. The highest BCUT2D eigenvalue weighted by Gasteiger charge is 2.22. The van der Waals surface area contributed by atoms with Crippen LogP contribution in [-0.4, -0.2) is 40.1 Å². The molecule has 0 fully saturated rings. The van der Waals surface area contributed by atoms with E-state index in [0.29, 0.717) is 5.69 Å². The van der Waals surface area contributed by atoms with Crippen molar-refractivity contribution in [1.29, 1.82) is 0 Å². The van der Waals surface area contributed by atoms with Crippen molar-refractivity contribution in [2.45, 2.75) is 13.0 Å². The molecule has 0 aliphatic rings. The SMILES string of the molecule is COc1ccc(-c2cc(C(=O)N(C)C(C)c3nccs3)[nH]n2)cc1. The van der Waals surface area contributed by atoms with Gasteiger partial charge in [-0.05, 0) is 37.3 Å². The maximum absolute atomic E-state index is 12.6. The first-order valence-corrected chi connectivity index (χ1v) is 8.34. The minimum atomic E-state index is -0.120. The molecular formula is C17H18N4O2S. The van der Waals surface area contributed by atoms with E-state index in [2.05, 4.69) is 15.2 Å². The largest absolute Gasteiger partial charge is 0.497 e. The number of ether oxygens (including phenoxy) is 1. The quantitative estimate of drug-likeness (QED) is 0.772. The van der Waals surface area contributed by atoms with Gasteiger partial charge in [-0.1, -0.05) is 0 Å². The number of nitrogens with zero attached hydrogens (tertiary/aromatic N) is 3. The summed E-state index contributed by atoms with van der Waals surface area (Å²) in [6.07, 6.45) is 1.74. The lowest BCUT2D eigenvalue weighted by atomic mass is 10.1. The molecule has 0 aliphatic carbocycles. The van der Waals surface area contributed by atoms with Crippen LogP contribution in [0.15, 0.2) is 41.9 Å². The van der Waals surface area contributed by atoms with Crippen molar-refractivity contribution >= 4 is 17.2 Å². The summed E-state index contributed by atoms with van der Waals surface area (Å²) >= 11 is 1.53. The smallest absolute Gasteiger partial charge is 0.272 e. The van der Waals surface area contributed by atoms with E-state index in [1.807, 2.05) is 36.6 Å². The van der Waals surface area contributed by atoms with E-state index < -0.39 is 0 Å². The van der Waals surface area contributed by atoms with Gasteiger partial charge in [-0.25, -0.2) is 4.98 Å². The van der Waals surface area contributed by atoms with E-state index in [-0.39, 0.29) is 11.9 Å². The van der Waals surface area contributed by atoms with Crippen LogP contribution < -0.4 is 4.74 Å². The first kappa shape index (κ1) is 16.2. The third-order valence-electron chi connectivity index (χ3n) is 3.90. The van der Waals surface area contributed by atoms with E-state index in [1.165, 1.54) is 11.3 Å². The minimum absolute atomic E-state index is 0.0924. The van der Waals surface area contributed by atoms with Crippen LogP contribution >= 0.6 is 11.3 Å². The third-order valence-corrected chi connectivity index (χ3v) is 4.85. The topological polar surface area (TPSA) is 71.1 Å². The molecule has 1 atom stereocenters. The van der Waals surface area contributed by atoms with Gasteiger partial charge in [0.1, 0.15) is 16.5 Å². The van der Waals surface area contributed by atoms with E-state index in [1.54, 1.807) is 31.3 Å². The standard InChI is InChI=1S/C17H18N4O2S/c1-11(16-18-8-9-24-16)21(2)17(22)15-10-14(19-20-15)12-4-6-13(23-3)7-5-12/h4-11H,1-3H3,(H,19,20). The van der Waals surface area contributed by atoms with Crippen LogP contribution in [0.5, 0.6) is 5.75 Å². The molecule has 3 rings (SSSR count). The van der Waals surface area contributed by atoms with Crippen LogP contribution in [0.25, 0.3) is 11.3 Å². The van der Waals surface area contributed by atoms with Gasteiger partial charge in [0.05, 0.1) is 18.8 Å².